The van der Waals surface area contributed by atoms with Crippen molar-refractivity contribution in [3.05, 3.63) is 24.3 Å². The molecular weight excluding hydrogens is 116 g/mol. The first kappa shape index (κ1) is 7.82. The number of rotatable bonds is 3. The molecule has 0 heterocycles. The molecule has 0 rings (SSSR count). The SMILES string of the molecule is CC=CC(=O)C=C[C]=O. The van der Waals surface area contributed by atoms with Crippen LogP contribution >= 0.6 is 0 Å². The Morgan fingerprint density at radius 1 is 1.44 bits per heavy atom. The molecule has 2 nitrogen and oxygen atoms in total. The molecule has 0 atom stereocenters. The third kappa shape index (κ3) is 4.68. The number of ketones is 1. The molecule has 0 fully saturated rings. The predicted octanol–water partition coefficient (Wildman–Crippen LogP) is 0.797. The van der Waals surface area contributed by atoms with Crippen molar-refractivity contribution in [3.63, 3.8) is 0 Å². The third-order valence-corrected chi connectivity index (χ3v) is 0.647. The van der Waals surface area contributed by atoms with Gasteiger partial charge in [-0.1, -0.05) is 6.08 Å². The number of hydrogen-bond donors (Lipinski definition) is 0. The number of allylic oxidation sites excluding steroid dienone is 4. The molecule has 0 N–H and O–H groups in total. The van der Waals surface area contributed by atoms with Crippen molar-refractivity contribution < 1.29 is 9.59 Å². The molecule has 0 bridgehead atoms. The van der Waals surface area contributed by atoms with Crippen LogP contribution < -0.4 is 0 Å². The van der Waals surface area contributed by atoms with Gasteiger partial charge in [-0.15, -0.1) is 0 Å². The number of carbonyl (C=O) groups is 1. The minimum Gasteiger partial charge on any atom is -0.290 e. The van der Waals surface area contributed by atoms with Crippen LogP contribution in [0.5, 0.6) is 0 Å². The quantitative estimate of drug-likeness (QED) is 0.520. The van der Waals surface area contributed by atoms with Crippen LogP contribution in [0.3, 0.4) is 0 Å². The minimum atomic E-state index is -0.194. The average molecular weight is 123 g/mol. The first-order chi connectivity index (χ1) is 4.31. The minimum absolute atomic E-state index is 0.194. The normalized spacial score (nSPS) is 10.8. The van der Waals surface area contributed by atoms with E-state index in [-0.39, 0.29) is 5.78 Å². The molecule has 0 spiro atoms. The number of carbonyl (C=O) groups excluding carboxylic acids is 2. The molecule has 0 unspecified atom stereocenters. The van der Waals surface area contributed by atoms with Crippen molar-refractivity contribution in [2.45, 2.75) is 6.92 Å². The fraction of sp³-hybridized carbons (Fsp3) is 0.143. The van der Waals surface area contributed by atoms with E-state index in [2.05, 4.69) is 0 Å². The van der Waals surface area contributed by atoms with E-state index in [1.807, 2.05) is 0 Å². The Bertz CT molecular complexity index is 154. The molecule has 0 aliphatic carbocycles. The number of hydrogen-bond acceptors (Lipinski definition) is 2. The zero-order chi connectivity index (χ0) is 7.11. The third-order valence-electron chi connectivity index (χ3n) is 0.647. The summed E-state index contributed by atoms with van der Waals surface area (Å²) < 4.78 is 0. The highest BCUT2D eigenvalue weighted by Crippen LogP contribution is 1.77. The van der Waals surface area contributed by atoms with Gasteiger partial charge in [0, 0.05) is 0 Å². The first-order valence-corrected chi connectivity index (χ1v) is 2.52. The van der Waals surface area contributed by atoms with E-state index in [0.717, 1.165) is 12.2 Å². The summed E-state index contributed by atoms with van der Waals surface area (Å²) in [6, 6.07) is 0. The zero-order valence-electron chi connectivity index (χ0n) is 5.13. The van der Waals surface area contributed by atoms with Crippen molar-refractivity contribution in [1.29, 1.82) is 0 Å². The lowest BCUT2D eigenvalue weighted by molar-refractivity contribution is -0.110. The summed E-state index contributed by atoms with van der Waals surface area (Å²) in [4.78, 5) is 20.0. The molecule has 0 aromatic heterocycles. The van der Waals surface area contributed by atoms with Crippen LogP contribution in [0.4, 0.5) is 0 Å². The smallest absolute Gasteiger partial charge is 0.225 e. The van der Waals surface area contributed by atoms with E-state index in [0.29, 0.717) is 0 Å². The van der Waals surface area contributed by atoms with Crippen LogP contribution in [0.2, 0.25) is 0 Å². The summed E-state index contributed by atoms with van der Waals surface area (Å²) in [5.74, 6) is -0.194. The Balaban J connectivity index is 3.76. The molecular formula is C7H7O2. The summed E-state index contributed by atoms with van der Waals surface area (Å²) >= 11 is 0. The molecule has 0 saturated carbocycles. The molecule has 0 aliphatic heterocycles. The fourth-order valence-corrected chi connectivity index (χ4v) is 0.336. The average Bonchev–Trinajstić information content (AvgIpc) is 1.85. The molecule has 0 aromatic rings. The molecule has 0 aromatic carbocycles. The first-order valence-electron chi connectivity index (χ1n) is 2.52. The van der Waals surface area contributed by atoms with Crippen molar-refractivity contribution in [1.82, 2.24) is 0 Å². The molecule has 47 valence electrons. The van der Waals surface area contributed by atoms with E-state index in [9.17, 15) is 9.59 Å². The summed E-state index contributed by atoms with van der Waals surface area (Å²) in [5, 5.41) is 0. The van der Waals surface area contributed by atoms with E-state index in [1.165, 1.54) is 12.4 Å². The molecule has 2 heteroatoms. The topological polar surface area (TPSA) is 34.1 Å². The lowest BCUT2D eigenvalue weighted by atomic mass is 10.3. The fourth-order valence-electron chi connectivity index (χ4n) is 0.336. The van der Waals surface area contributed by atoms with Crippen molar-refractivity contribution >= 4 is 12.1 Å². The Hall–Kier alpha value is -1.18. The van der Waals surface area contributed by atoms with Crippen LogP contribution in [0.15, 0.2) is 24.3 Å². The second-order valence-electron chi connectivity index (χ2n) is 1.35. The molecule has 0 amide bonds. The van der Waals surface area contributed by atoms with Gasteiger partial charge in [-0.25, -0.2) is 0 Å². The van der Waals surface area contributed by atoms with Gasteiger partial charge in [-0.2, -0.15) is 0 Å². The maximum absolute atomic E-state index is 10.4. The van der Waals surface area contributed by atoms with Gasteiger partial charge >= 0.3 is 0 Å². The van der Waals surface area contributed by atoms with Gasteiger partial charge in [0.25, 0.3) is 0 Å². The van der Waals surface area contributed by atoms with E-state index in [1.54, 1.807) is 13.0 Å². The highest BCUT2D eigenvalue weighted by atomic mass is 16.1. The van der Waals surface area contributed by atoms with E-state index >= 15 is 0 Å². The Labute approximate surface area is 53.9 Å². The largest absolute Gasteiger partial charge is 0.290 e. The monoisotopic (exact) mass is 123 g/mol. The van der Waals surface area contributed by atoms with Crippen LogP contribution in [-0.2, 0) is 9.59 Å². The molecule has 0 aliphatic rings. The summed E-state index contributed by atoms with van der Waals surface area (Å²) in [6.45, 7) is 1.73. The van der Waals surface area contributed by atoms with Crippen molar-refractivity contribution in [2.24, 2.45) is 0 Å². The Kier molecular flexibility index (Phi) is 4.32. The van der Waals surface area contributed by atoms with Gasteiger partial charge in [0.15, 0.2) is 5.78 Å². The van der Waals surface area contributed by atoms with Crippen LogP contribution in [0, 0.1) is 0 Å². The Morgan fingerprint density at radius 3 is 2.56 bits per heavy atom. The standard InChI is InChI=1S/C7H7O2/c1-2-4-7(9)5-3-6-8/h2-5H,1H3. The van der Waals surface area contributed by atoms with E-state index < -0.39 is 0 Å². The second kappa shape index (κ2) is 4.97. The van der Waals surface area contributed by atoms with Crippen molar-refractivity contribution in [3.8, 4) is 0 Å². The predicted molar refractivity (Wildman–Crippen MR) is 34.7 cm³/mol. The summed E-state index contributed by atoms with van der Waals surface area (Å²) in [6.07, 6.45) is 6.65. The summed E-state index contributed by atoms with van der Waals surface area (Å²) in [5.41, 5.74) is 0. The maximum Gasteiger partial charge on any atom is 0.225 e. The summed E-state index contributed by atoms with van der Waals surface area (Å²) in [7, 11) is 0. The lowest BCUT2D eigenvalue weighted by Gasteiger charge is -1.74. The second-order valence-corrected chi connectivity index (χ2v) is 1.35. The van der Waals surface area contributed by atoms with Gasteiger partial charge in [0.1, 0.15) is 0 Å². The van der Waals surface area contributed by atoms with Crippen LogP contribution in [0.1, 0.15) is 6.92 Å². The van der Waals surface area contributed by atoms with Gasteiger partial charge in [0.05, 0.1) is 0 Å². The highest BCUT2D eigenvalue weighted by Gasteiger charge is 1.82. The van der Waals surface area contributed by atoms with Crippen LogP contribution in [0.25, 0.3) is 0 Å². The van der Waals surface area contributed by atoms with Gasteiger partial charge in [0.2, 0.25) is 6.29 Å². The van der Waals surface area contributed by atoms with Gasteiger partial charge < -0.3 is 0 Å². The molecule has 9 heavy (non-hydrogen) atoms. The van der Waals surface area contributed by atoms with E-state index in [4.69, 9.17) is 0 Å². The van der Waals surface area contributed by atoms with Gasteiger partial charge in [-0.3, -0.25) is 9.59 Å². The Morgan fingerprint density at radius 2 is 2.11 bits per heavy atom. The molecule has 0 saturated heterocycles. The maximum atomic E-state index is 10.4. The van der Waals surface area contributed by atoms with Crippen molar-refractivity contribution in [2.75, 3.05) is 0 Å². The lowest BCUT2D eigenvalue weighted by Crippen LogP contribution is -1.83. The molecule has 1 radical (unpaired) electrons. The highest BCUT2D eigenvalue weighted by molar-refractivity contribution is 6.00. The van der Waals surface area contributed by atoms with Gasteiger partial charge in [-0.05, 0) is 25.2 Å². The van der Waals surface area contributed by atoms with Crippen LogP contribution in [-0.4, -0.2) is 12.1 Å². The zero-order valence-corrected chi connectivity index (χ0v) is 5.13.